The molecule has 232 valence electrons. The SMILES string of the molecule is COc1cc(/C=C/C(=O)C2=C(/C=C/c3ccc(O)c(OC)c3)N=C3Sc4ccccc4N3C2c2ccc(O)c(OC)c2)ccc1O. The number of anilines is 1. The maximum Gasteiger partial charge on any atom is 0.186 e. The van der Waals surface area contributed by atoms with E-state index in [0.29, 0.717) is 33.3 Å². The molecule has 6 rings (SSSR count). The number of carbonyl (C=O) groups is 1. The summed E-state index contributed by atoms with van der Waals surface area (Å²) >= 11 is 1.50. The number of thioether (sulfide) groups is 1. The van der Waals surface area contributed by atoms with Gasteiger partial charge in [0.1, 0.15) is 0 Å². The molecule has 1 atom stereocenters. The molecule has 0 amide bonds. The lowest BCUT2D eigenvalue weighted by molar-refractivity contribution is -0.111. The van der Waals surface area contributed by atoms with Crippen molar-refractivity contribution in [3.05, 3.63) is 119 Å². The molecule has 4 aromatic carbocycles. The fourth-order valence-corrected chi connectivity index (χ4v) is 6.41. The van der Waals surface area contributed by atoms with Crippen molar-refractivity contribution in [3.8, 4) is 34.5 Å². The second-order valence-corrected chi connectivity index (χ2v) is 11.4. The second kappa shape index (κ2) is 12.8. The number of aromatic hydroxyl groups is 3. The van der Waals surface area contributed by atoms with Gasteiger partial charge in [-0.1, -0.05) is 42.5 Å². The summed E-state index contributed by atoms with van der Waals surface area (Å²) in [6, 6.07) is 22.1. The smallest absolute Gasteiger partial charge is 0.186 e. The van der Waals surface area contributed by atoms with Crippen LogP contribution in [0.15, 0.2) is 112 Å². The van der Waals surface area contributed by atoms with Gasteiger partial charge in [-0.3, -0.25) is 4.79 Å². The zero-order chi connectivity index (χ0) is 32.4. The van der Waals surface area contributed by atoms with E-state index < -0.39 is 6.04 Å². The number of ketones is 1. The molecule has 9 nitrogen and oxygen atoms in total. The fraction of sp³-hybridized carbons (Fsp3) is 0.111. The zero-order valence-electron chi connectivity index (χ0n) is 25.2. The average Bonchev–Trinajstić information content (AvgIpc) is 3.45. The van der Waals surface area contributed by atoms with E-state index in [-0.39, 0.29) is 34.5 Å². The van der Waals surface area contributed by atoms with Crippen molar-refractivity contribution in [2.75, 3.05) is 26.2 Å². The third kappa shape index (κ3) is 5.78. The van der Waals surface area contributed by atoms with Crippen LogP contribution in [0.25, 0.3) is 12.2 Å². The molecule has 0 spiro atoms. The number of aliphatic imine (C=N–C) groups is 1. The first kappa shape index (κ1) is 30.4. The molecule has 4 aromatic rings. The van der Waals surface area contributed by atoms with Crippen molar-refractivity contribution >= 4 is 40.6 Å². The summed E-state index contributed by atoms with van der Waals surface area (Å²) in [7, 11) is 4.41. The van der Waals surface area contributed by atoms with Gasteiger partial charge < -0.3 is 34.4 Å². The lowest BCUT2D eigenvalue weighted by atomic mass is 9.90. The quantitative estimate of drug-likeness (QED) is 0.166. The van der Waals surface area contributed by atoms with Crippen LogP contribution in [0, 0.1) is 0 Å². The van der Waals surface area contributed by atoms with E-state index in [1.165, 1.54) is 51.3 Å². The first-order valence-electron chi connectivity index (χ1n) is 14.2. The highest BCUT2D eigenvalue weighted by Crippen LogP contribution is 2.51. The van der Waals surface area contributed by atoms with Gasteiger partial charge in [0.25, 0.3) is 0 Å². The van der Waals surface area contributed by atoms with E-state index in [4.69, 9.17) is 19.2 Å². The van der Waals surface area contributed by atoms with E-state index in [1.54, 1.807) is 60.7 Å². The highest BCUT2D eigenvalue weighted by Gasteiger charge is 2.41. The molecule has 10 heteroatoms. The van der Waals surface area contributed by atoms with Crippen LogP contribution in [0.5, 0.6) is 34.5 Å². The highest BCUT2D eigenvalue weighted by molar-refractivity contribution is 8.14. The van der Waals surface area contributed by atoms with Gasteiger partial charge in [-0.25, -0.2) is 4.99 Å². The largest absolute Gasteiger partial charge is 0.504 e. The number of phenols is 3. The van der Waals surface area contributed by atoms with Crippen molar-refractivity contribution < 1.29 is 34.3 Å². The monoisotopic (exact) mass is 634 g/mol. The topological polar surface area (TPSA) is 121 Å². The number of benzene rings is 4. The summed E-state index contributed by atoms with van der Waals surface area (Å²) in [5, 5.41) is 31.2. The molecule has 0 aromatic heterocycles. The number of ether oxygens (including phenoxy) is 3. The molecule has 2 heterocycles. The van der Waals surface area contributed by atoms with Crippen LogP contribution in [0.1, 0.15) is 22.7 Å². The number of phenolic OH excluding ortho intramolecular Hbond substituents is 3. The number of methoxy groups -OCH3 is 3. The minimum atomic E-state index is -0.640. The summed E-state index contributed by atoms with van der Waals surface area (Å²) in [5.74, 6) is 0.558. The van der Waals surface area contributed by atoms with Gasteiger partial charge in [0.2, 0.25) is 0 Å². The van der Waals surface area contributed by atoms with Crippen LogP contribution in [0.2, 0.25) is 0 Å². The van der Waals surface area contributed by atoms with Crippen LogP contribution in [0.4, 0.5) is 5.69 Å². The van der Waals surface area contributed by atoms with Gasteiger partial charge in [-0.2, -0.15) is 0 Å². The molecular weight excluding hydrogens is 604 g/mol. The zero-order valence-corrected chi connectivity index (χ0v) is 26.0. The first-order chi connectivity index (χ1) is 22.3. The number of nitrogens with zero attached hydrogens (tertiary/aromatic N) is 2. The summed E-state index contributed by atoms with van der Waals surface area (Å²) < 4.78 is 16.0. The molecule has 2 aliphatic heterocycles. The number of carbonyl (C=O) groups excluding carboxylic acids is 1. The van der Waals surface area contributed by atoms with Gasteiger partial charge in [0.15, 0.2) is 45.4 Å². The molecule has 1 unspecified atom stereocenters. The third-order valence-electron chi connectivity index (χ3n) is 7.61. The van der Waals surface area contributed by atoms with Gasteiger partial charge in [0, 0.05) is 4.90 Å². The Balaban J connectivity index is 1.54. The third-order valence-corrected chi connectivity index (χ3v) is 8.64. The minimum Gasteiger partial charge on any atom is -0.504 e. The van der Waals surface area contributed by atoms with Crippen LogP contribution in [-0.2, 0) is 4.79 Å². The van der Waals surface area contributed by atoms with Gasteiger partial charge in [0.05, 0.1) is 44.3 Å². The summed E-state index contributed by atoms with van der Waals surface area (Å²) in [4.78, 5) is 22.4. The van der Waals surface area contributed by atoms with Crippen LogP contribution in [-0.4, -0.2) is 47.6 Å². The van der Waals surface area contributed by atoms with Gasteiger partial charge in [-0.15, -0.1) is 0 Å². The predicted octanol–water partition coefficient (Wildman–Crippen LogP) is 7.10. The van der Waals surface area contributed by atoms with Gasteiger partial charge >= 0.3 is 0 Å². The lowest BCUT2D eigenvalue weighted by Gasteiger charge is -2.35. The maximum absolute atomic E-state index is 14.4. The Morgan fingerprint density at radius 1 is 0.761 bits per heavy atom. The van der Waals surface area contributed by atoms with Gasteiger partial charge in [-0.05, 0) is 89.1 Å². The van der Waals surface area contributed by atoms with Crippen LogP contribution >= 0.6 is 11.8 Å². The summed E-state index contributed by atoms with van der Waals surface area (Å²) in [5.41, 5.74) is 3.81. The molecule has 46 heavy (non-hydrogen) atoms. The Morgan fingerprint density at radius 2 is 1.35 bits per heavy atom. The Bertz CT molecular complexity index is 1960. The minimum absolute atomic E-state index is 0.00680. The van der Waals surface area contributed by atoms with Crippen molar-refractivity contribution in [2.24, 2.45) is 4.99 Å². The maximum atomic E-state index is 14.4. The second-order valence-electron chi connectivity index (χ2n) is 10.4. The molecule has 2 aliphatic rings. The van der Waals surface area contributed by atoms with Crippen molar-refractivity contribution in [3.63, 3.8) is 0 Å². The van der Waals surface area contributed by atoms with E-state index in [2.05, 4.69) is 0 Å². The lowest BCUT2D eigenvalue weighted by Crippen LogP contribution is -2.36. The number of hydrogen-bond donors (Lipinski definition) is 3. The number of rotatable bonds is 9. The van der Waals surface area contributed by atoms with Crippen LogP contribution in [0.3, 0.4) is 0 Å². The Labute approximate surface area is 270 Å². The number of fused-ring (bicyclic) bond motifs is 3. The molecule has 0 bridgehead atoms. The molecule has 0 fully saturated rings. The number of hydrogen-bond acceptors (Lipinski definition) is 10. The first-order valence-corrected chi connectivity index (χ1v) is 15.0. The van der Waals surface area contributed by atoms with Crippen molar-refractivity contribution in [1.29, 1.82) is 0 Å². The van der Waals surface area contributed by atoms with E-state index in [9.17, 15) is 20.1 Å². The Hall–Kier alpha value is -5.61. The van der Waals surface area contributed by atoms with Crippen molar-refractivity contribution in [2.45, 2.75) is 10.9 Å². The van der Waals surface area contributed by atoms with E-state index in [1.807, 2.05) is 29.2 Å². The number of allylic oxidation sites excluding steroid dienone is 2. The number of amidine groups is 1. The Kier molecular flexibility index (Phi) is 8.45. The predicted molar refractivity (Wildman–Crippen MR) is 179 cm³/mol. The highest BCUT2D eigenvalue weighted by atomic mass is 32.2. The molecule has 0 radical (unpaired) electrons. The number of para-hydroxylation sites is 1. The van der Waals surface area contributed by atoms with Crippen LogP contribution < -0.4 is 19.1 Å². The summed E-state index contributed by atoms with van der Waals surface area (Å²) in [6.45, 7) is 0. The molecule has 3 N–H and O–H groups in total. The molecular formula is C36H30N2O7S. The van der Waals surface area contributed by atoms with Crippen molar-refractivity contribution in [1.82, 2.24) is 0 Å². The Morgan fingerprint density at radius 3 is 2.00 bits per heavy atom. The molecule has 0 aliphatic carbocycles. The van der Waals surface area contributed by atoms with E-state index in [0.717, 1.165) is 16.1 Å². The summed E-state index contributed by atoms with van der Waals surface area (Å²) in [6.07, 6.45) is 6.71. The van der Waals surface area contributed by atoms with E-state index >= 15 is 0 Å². The fourth-order valence-electron chi connectivity index (χ4n) is 5.35. The average molecular weight is 635 g/mol. The molecule has 0 saturated heterocycles. The standard InChI is InChI=1S/C36H30N2O7S/c1-43-30-18-21(9-14-26(30)39)8-13-24-34(29(42)16-11-22-10-15-27(40)31(19-22)44-2)35(23-12-17-28(41)32(20-23)45-3)38-25-6-4-5-7-33(25)46-36(38)37-24/h4-20,35,39-41H,1-3H3/b13-8+,16-11+. The normalized spacial score (nSPS) is 15.6. The molecule has 0 saturated carbocycles.